The molecule has 1 heterocycles. The molecule has 0 spiro atoms. The Kier molecular flexibility index (Phi) is 3.31. The number of aromatic nitrogens is 2. The van der Waals surface area contributed by atoms with E-state index in [1.165, 1.54) is 13.4 Å². The average Bonchev–Trinajstić information content (AvgIpc) is 2.49. The van der Waals surface area contributed by atoms with E-state index >= 15 is 0 Å². The van der Waals surface area contributed by atoms with Gasteiger partial charge in [0.15, 0.2) is 11.5 Å². The van der Waals surface area contributed by atoms with Gasteiger partial charge >= 0.3 is 0 Å². The number of hydrogen-bond donors (Lipinski definition) is 2. The van der Waals surface area contributed by atoms with Crippen molar-refractivity contribution < 1.29 is 9.84 Å². The summed E-state index contributed by atoms with van der Waals surface area (Å²) in [5.74, 6) is 1.10. The van der Waals surface area contributed by atoms with Crippen molar-refractivity contribution in [1.82, 2.24) is 9.97 Å². The number of aromatic hydroxyl groups is 1. The summed E-state index contributed by atoms with van der Waals surface area (Å²) in [7, 11) is 1.51. The SMILES string of the molecule is COc1cc2ncnc(Nc3ccccc3C)c2cc1O. The number of nitrogens with zero attached hydrogens (tertiary/aromatic N) is 2. The standard InChI is InChI=1S/C16H15N3O2/c1-10-5-3-4-6-12(10)19-16-11-7-14(20)15(21-2)8-13(11)17-9-18-16/h3-9,20H,1-2H3,(H,17,18,19). The van der Waals surface area contributed by atoms with E-state index in [1.807, 2.05) is 31.2 Å². The minimum Gasteiger partial charge on any atom is -0.504 e. The number of fused-ring (bicyclic) bond motifs is 1. The van der Waals surface area contributed by atoms with Gasteiger partial charge in [-0.3, -0.25) is 0 Å². The molecular formula is C16H15N3O2. The van der Waals surface area contributed by atoms with Gasteiger partial charge in [0.2, 0.25) is 0 Å². The Morgan fingerprint density at radius 3 is 2.71 bits per heavy atom. The number of para-hydroxylation sites is 1. The zero-order chi connectivity index (χ0) is 14.8. The lowest BCUT2D eigenvalue weighted by Gasteiger charge is -2.11. The summed E-state index contributed by atoms with van der Waals surface area (Å²) < 4.78 is 5.10. The fourth-order valence-corrected chi connectivity index (χ4v) is 2.18. The van der Waals surface area contributed by atoms with Crippen LogP contribution in [-0.4, -0.2) is 22.2 Å². The number of phenolic OH excluding ortho intramolecular Hbond substituents is 1. The summed E-state index contributed by atoms with van der Waals surface area (Å²) >= 11 is 0. The number of anilines is 2. The molecule has 106 valence electrons. The van der Waals surface area contributed by atoms with Crippen LogP contribution in [0.15, 0.2) is 42.7 Å². The second kappa shape index (κ2) is 5.28. The molecule has 0 saturated carbocycles. The number of aryl methyl sites for hydroxylation is 1. The lowest BCUT2D eigenvalue weighted by Crippen LogP contribution is -1.98. The van der Waals surface area contributed by atoms with Gasteiger partial charge in [0.05, 0.1) is 12.6 Å². The molecule has 5 nitrogen and oxygen atoms in total. The Hall–Kier alpha value is -2.82. The molecule has 2 aromatic carbocycles. The Morgan fingerprint density at radius 1 is 1.14 bits per heavy atom. The molecule has 0 fully saturated rings. The molecule has 0 unspecified atom stereocenters. The van der Waals surface area contributed by atoms with Gasteiger partial charge in [-0.25, -0.2) is 9.97 Å². The highest BCUT2D eigenvalue weighted by Crippen LogP contribution is 2.33. The number of benzene rings is 2. The quantitative estimate of drug-likeness (QED) is 0.770. The van der Waals surface area contributed by atoms with Gasteiger partial charge in [-0.05, 0) is 24.6 Å². The summed E-state index contributed by atoms with van der Waals surface area (Å²) in [5, 5.41) is 14.0. The van der Waals surface area contributed by atoms with E-state index in [9.17, 15) is 5.11 Å². The van der Waals surface area contributed by atoms with Gasteiger partial charge in [-0.15, -0.1) is 0 Å². The predicted molar refractivity (Wildman–Crippen MR) is 82.2 cm³/mol. The molecule has 0 radical (unpaired) electrons. The van der Waals surface area contributed by atoms with Gasteiger partial charge in [-0.1, -0.05) is 18.2 Å². The molecule has 0 amide bonds. The molecule has 2 N–H and O–H groups in total. The molecular weight excluding hydrogens is 266 g/mol. The van der Waals surface area contributed by atoms with Crippen LogP contribution in [0.1, 0.15) is 5.56 Å². The summed E-state index contributed by atoms with van der Waals surface area (Å²) in [6.07, 6.45) is 1.49. The number of rotatable bonds is 3. The Bertz CT molecular complexity index is 803. The lowest BCUT2D eigenvalue weighted by atomic mass is 10.1. The molecule has 3 aromatic rings. The van der Waals surface area contributed by atoms with E-state index in [1.54, 1.807) is 12.1 Å². The van der Waals surface area contributed by atoms with E-state index in [2.05, 4.69) is 15.3 Å². The van der Waals surface area contributed by atoms with Crippen LogP contribution in [0, 0.1) is 6.92 Å². The Balaban J connectivity index is 2.11. The highest BCUT2D eigenvalue weighted by molar-refractivity contribution is 5.93. The number of ether oxygens (including phenoxy) is 1. The number of hydrogen-bond acceptors (Lipinski definition) is 5. The normalized spacial score (nSPS) is 10.6. The van der Waals surface area contributed by atoms with Crippen molar-refractivity contribution in [2.45, 2.75) is 6.92 Å². The van der Waals surface area contributed by atoms with Gasteiger partial charge in [0.25, 0.3) is 0 Å². The molecule has 21 heavy (non-hydrogen) atoms. The molecule has 0 aliphatic heterocycles. The largest absolute Gasteiger partial charge is 0.504 e. The van der Waals surface area contributed by atoms with Crippen molar-refractivity contribution in [3.8, 4) is 11.5 Å². The second-order valence-corrected chi connectivity index (χ2v) is 4.70. The summed E-state index contributed by atoms with van der Waals surface area (Å²) in [6.45, 7) is 2.02. The van der Waals surface area contributed by atoms with Crippen molar-refractivity contribution in [3.63, 3.8) is 0 Å². The first kappa shape index (κ1) is 13.2. The third-order valence-electron chi connectivity index (χ3n) is 3.33. The van der Waals surface area contributed by atoms with Gasteiger partial charge in [0.1, 0.15) is 12.1 Å². The minimum atomic E-state index is 0.0626. The van der Waals surface area contributed by atoms with Crippen molar-refractivity contribution in [3.05, 3.63) is 48.3 Å². The molecule has 5 heteroatoms. The third kappa shape index (κ3) is 2.45. The summed E-state index contributed by atoms with van der Waals surface area (Å²) in [4.78, 5) is 8.48. The third-order valence-corrected chi connectivity index (χ3v) is 3.33. The van der Waals surface area contributed by atoms with Gasteiger partial charge in [0, 0.05) is 17.1 Å². The van der Waals surface area contributed by atoms with Gasteiger partial charge < -0.3 is 15.2 Å². The van der Waals surface area contributed by atoms with Crippen LogP contribution in [0.5, 0.6) is 11.5 Å². The minimum absolute atomic E-state index is 0.0626. The lowest BCUT2D eigenvalue weighted by molar-refractivity contribution is 0.374. The first-order chi connectivity index (χ1) is 10.2. The smallest absolute Gasteiger partial charge is 0.162 e. The van der Waals surface area contributed by atoms with Gasteiger partial charge in [-0.2, -0.15) is 0 Å². The highest BCUT2D eigenvalue weighted by Gasteiger charge is 2.10. The van der Waals surface area contributed by atoms with Crippen LogP contribution in [0.3, 0.4) is 0 Å². The number of methoxy groups -OCH3 is 1. The van der Waals surface area contributed by atoms with Crippen LogP contribution in [0.4, 0.5) is 11.5 Å². The Morgan fingerprint density at radius 2 is 1.95 bits per heavy atom. The maximum atomic E-state index is 9.95. The van der Waals surface area contributed by atoms with Crippen LogP contribution < -0.4 is 10.1 Å². The average molecular weight is 281 g/mol. The molecule has 0 aliphatic carbocycles. The number of phenols is 1. The van der Waals surface area contributed by atoms with E-state index in [0.29, 0.717) is 17.1 Å². The van der Waals surface area contributed by atoms with Crippen LogP contribution in [-0.2, 0) is 0 Å². The molecule has 1 aromatic heterocycles. The molecule has 0 aliphatic rings. The molecule has 3 rings (SSSR count). The highest BCUT2D eigenvalue weighted by atomic mass is 16.5. The van der Waals surface area contributed by atoms with Crippen LogP contribution >= 0.6 is 0 Å². The zero-order valence-corrected chi connectivity index (χ0v) is 11.8. The van der Waals surface area contributed by atoms with Crippen molar-refractivity contribution in [2.75, 3.05) is 12.4 Å². The first-order valence-corrected chi connectivity index (χ1v) is 6.53. The predicted octanol–water partition coefficient (Wildman–Crippen LogP) is 3.40. The van der Waals surface area contributed by atoms with E-state index in [-0.39, 0.29) is 5.75 Å². The molecule has 0 atom stereocenters. The van der Waals surface area contributed by atoms with Crippen molar-refractivity contribution in [2.24, 2.45) is 0 Å². The van der Waals surface area contributed by atoms with Crippen molar-refractivity contribution in [1.29, 1.82) is 0 Å². The van der Waals surface area contributed by atoms with Crippen LogP contribution in [0.25, 0.3) is 10.9 Å². The van der Waals surface area contributed by atoms with Crippen LogP contribution in [0.2, 0.25) is 0 Å². The zero-order valence-electron chi connectivity index (χ0n) is 11.8. The second-order valence-electron chi connectivity index (χ2n) is 4.70. The fraction of sp³-hybridized carbons (Fsp3) is 0.125. The van der Waals surface area contributed by atoms with Crippen molar-refractivity contribution >= 4 is 22.4 Å². The van der Waals surface area contributed by atoms with E-state index < -0.39 is 0 Å². The summed E-state index contributed by atoms with van der Waals surface area (Å²) in [5.41, 5.74) is 2.78. The summed E-state index contributed by atoms with van der Waals surface area (Å²) in [6, 6.07) is 11.2. The Labute approximate surface area is 122 Å². The molecule has 0 bridgehead atoms. The fourth-order valence-electron chi connectivity index (χ4n) is 2.18. The monoisotopic (exact) mass is 281 g/mol. The first-order valence-electron chi connectivity index (χ1n) is 6.53. The maximum absolute atomic E-state index is 9.95. The topological polar surface area (TPSA) is 67.3 Å². The molecule has 0 saturated heterocycles. The van der Waals surface area contributed by atoms with E-state index in [4.69, 9.17) is 4.74 Å². The number of nitrogens with one attached hydrogen (secondary N) is 1. The maximum Gasteiger partial charge on any atom is 0.162 e. The van der Waals surface area contributed by atoms with E-state index in [0.717, 1.165) is 16.6 Å².